The summed E-state index contributed by atoms with van der Waals surface area (Å²) in [5.74, 6) is 0.795. The summed E-state index contributed by atoms with van der Waals surface area (Å²) in [6.07, 6.45) is 4.05. The molecule has 0 spiro atoms. The fraction of sp³-hybridized carbons (Fsp3) is 0.500. The molecule has 2 aromatic rings. The highest BCUT2D eigenvalue weighted by molar-refractivity contribution is 7.99. The van der Waals surface area contributed by atoms with Crippen LogP contribution >= 0.6 is 11.8 Å². The fourth-order valence-electron chi connectivity index (χ4n) is 3.05. The summed E-state index contributed by atoms with van der Waals surface area (Å²) < 4.78 is 29.3. The van der Waals surface area contributed by atoms with Crippen LogP contribution in [-0.2, 0) is 10.0 Å². The highest BCUT2D eigenvalue weighted by Crippen LogP contribution is 2.36. The quantitative estimate of drug-likeness (QED) is 0.814. The maximum absolute atomic E-state index is 12.9. The van der Waals surface area contributed by atoms with E-state index >= 15 is 0 Å². The van der Waals surface area contributed by atoms with E-state index in [1.165, 1.54) is 11.1 Å². The van der Waals surface area contributed by atoms with E-state index in [2.05, 4.69) is 30.1 Å². The minimum absolute atomic E-state index is 0.153. The van der Waals surface area contributed by atoms with Crippen molar-refractivity contribution in [3.63, 3.8) is 0 Å². The van der Waals surface area contributed by atoms with Crippen molar-refractivity contribution in [3.8, 4) is 0 Å². The predicted molar refractivity (Wildman–Crippen MR) is 102 cm³/mol. The van der Waals surface area contributed by atoms with Gasteiger partial charge in [0.15, 0.2) is 5.03 Å². The maximum Gasteiger partial charge on any atom is 0.262 e. The number of aromatic nitrogens is 2. The molecular weight excluding hydrogens is 354 g/mol. The van der Waals surface area contributed by atoms with Crippen LogP contribution in [-0.4, -0.2) is 41.1 Å². The number of nitrogens with zero attached hydrogens (tertiary/aromatic N) is 3. The van der Waals surface area contributed by atoms with Crippen molar-refractivity contribution in [1.82, 2.24) is 13.9 Å². The largest absolute Gasteiger partial charge is 0.334 e. The summed E-state index contributed by atoms with van der Waals surface area (Å²) in [6.45, 7) is 7.20. The number of sulfonamides is 1. The number of imidazole rings is 1. The standard InChI is InChI=1S/C18H25N3O2S2/c1-14(2)20-12-18(19-13-20)25(22,23)21-9-8-17(24-11-10-21)16-7-5-4-6-15(16)3/h4-7,12-14,17H,8-11H2,1-3H3. The van der Waals surface area contributed by atoms with Gasteiger partial charge in [-0.05, 0) is 38.3 Å². The number of hydrogen-bond donors (Lipinski definition) is 0. The van der Waals surface area contributed by atoms with Crippen LogP contribution in [0.4, 0.5) is 0 Å². The molecule has 0 saturated carbocycles. The highest BCUT2D eigenvalue weighted by Gasteiger charge is 2.30. The molecule has 7 heteroatoms. The Labute approximate surface area is 154 Å². The van der Waals surface area contributed by atoms with Gasteiger partial charge in [0.05, 0.1) is 6.33 Å². The first-order valence-corrected chi connectivity index (χ1v) is 11.1. The van der Waals surface area contributed by atoms with E-state index in [1.807, 2.05) is 36.2 Å². The van der Waals surface area contributed by atoms with Crippen molar-refractivity contribution in [1.29, 1.82) is 0 Å². The van der Waals surface area contributed by atoms with Gasteiger partial charge in [-0.25, -0.2) is 13.4 Å². The molecule has 3 rings (SSSR count). The molecule has 1 aliphatic rings. The van der Waals surface area contributed by atoms with Gasteiger partial charge in [0, 0.05) is 36.3 Å². The average Bonchev–Trinajstić information content (AvgIpc) is 2.95. The van der Waals surface area contributed by atoms with E-state index in [-0.39, 0.29) is 11.1 Å². The molecule has 0 radical (unpaired) electrons. The Balaban J connectivity index is 1.77. The molecule has 1 aromatic carbocycles. The third-order valence-electron chi connectivity index (χ3n) is 4.61. The van der Waals surface area contributed by atoms with Crippen LogP contribution in [0.25, 0.3) is 0 Å². The van der Waals surface area contributed by atoms with Crippen molar-refractivity contribution in [3.05, 3.63) is 47.9 Å². The van der Waals surface area contributed by atoms with Gasteiger partial charge in [-0.15, -0.1) is 0 Å². The number of aryl methyl sites for hydroxylation is 1. The van der Waals surface area contributed by atoms with Crippen LogP contribution in [0.1, 0.15) is 42.7 Å². The van der Waals surface area contributed by atoms with Gasteiger partial charge < -0.3 is 4.57 Å². The monoisotopic (exact) mass is 379 g/mol. The molecule has 1 unspecified atom stereocenters. The summed E-state index contributed by atoms with van der Waals surface area (Å²) >= 11 is 1.84. The van der Waals surface area contributed by atoms with Crippen LogP contribution in [0.15, 0.2) is 41.8 Å². The summed E-state index contributed by atoms with van der Waals surface area (Å²) in [4.78, 5) is 4.13. The predicted octanol–water partition coefficient (Wildman–Crippen LogP) is 3.64. The Morgan fingerprint density at radius 1 is 1.24 bits per heavy atom. The smallest absolute Gasteiger partial charge is 0.262 e. The molecule has 0 N–H and O–H groups in total. The van der Waals surface area contributed by atoms with E-state index in [1.54, 1.807) is 16.8 Å². The lowest BCUT2D eigenvalue weighted by Crippen LogP contribution is -2.33. The molecule has 2 heterocycles. The number of thioether (sulfide) groups is 1. The molecule has 1 atom stereocenters. The van der Waals surface area contributed by atoms with Gasteiger partial charge in [0.1, 0.15) is 0 Å². The summed E-state index contributed by atoms with van der Waals surface area (Å²) in [7, 11) is -3.53. The number of hydrogen-bond acceptors (Lipinski definition) is 4. The van der Waals surface area contributed by atoms with E-state index < -0.39 is 10.0 Å². The van der Waals surface area contributed by atoms with Gasteiger partial charge in [-0.1, -0.05) is 24.3 Å². The molecular formula is C18H25N3O2S2. The second-order valence-electron chi connectivity index (χ2n) is 6.66. The molecule has 1 saturated heterocycles. The van der Waals surface area contributed by atoms with Crippen molar-refractivity contribution < 1.29 is 8.42 Å². The third kappa shape index (κ3) is 3.93. The summed E-state index contributed by atoms with van der Waals surface area (Å²) in [6, 6.07) is 8.57. The normalized spacial score (nSPS) is 19.9. The average molecular weight is 380 g/mol. The first-order valence-electron chi connectivity index (χ1n) is 8.60. The van der Waals surface area contributed by atoms with Gasteiger partial charge in [0.25, 0.3) is 10.0 Å². The third-order valence-corrected chi connectivity index (χ3v) is 7.71. The zero-order valence-corrected chi connectivity index (χ0v) is 16.6. The lowest BCUT2D eigenvalue weighted by Gasteiger charge is -2.19. The Bertz CT molecular complexity index is 830. The minimum atomic E-state index is -3.53. The molecule has 136 valence electrons. The van der Waals surface area contributed by atoms with E-state index in [0.29, 0.717) is 18.3 Å². The van der Waals surface area contributed by atoms with Crippen LogP contribution in [0.2, 0.25) is 0 Å². The van der Waals surface area contributed by atoms with Crippen LogP contribution in [0.3, 0.4) is 0 Å². The minimum Gasteiger partial charge on any atom is -0.334 e. The van der Waals surface area contributed by atoms with Crippen LogP contribution < -0.4 is 0 Å². The summed E-state index contributed by atoms with van der Waals surface area (Å²) in [5, 5.41) is 0.496. The van der Waals surface area contributed by atoms with Crippen molar-refractivity contribution in [2.45, 2.75) is 43.5 Å². The van der Waals surface area contributed by atoms with Crippen LogP contribution in [0.5, 0.6) is 0 Å². The van der Waals surface area contributed by atoms with E-state index in [9.17, 15) is 8.42 Å². The first-order chi connectivity index (χ1) is 11.9. The Kier molecular flexibility index (Phi) is 5.55. The zero-order chi connectivity index (χ0) is 18.0. The van der Waals surface area contributed by atoms with E-state index in [0.717, 1.165) is 12.2 Å². The SMILES string of the molecule is Cc1ccccc1C1CCN(S(=O)(=O)c2cn(C(C)C)cn2)CCS1. The topological polar surface area (TPSA) is 55.2 Å². The van der Waals surface area contributed by atoms with Crippen molar-refractivity contribution in [2.24, 2.45) is 0 Å². The first kappa shape index (κ1) is 18.5. The molecule has 0 aliphatic carbocycles. The molecule has 0 bridgehead atoms. The lowest BCUT2D eigenvalue weighted by atomic mass is 10.0. The molecule has 1 aliphatic heterocycles. The second kappa shape index (κ2) is 7.51. The maximum atomic E-state index is 12.9. The van der Waals surface area contributed by atoms with Gasteiger partial charge in [0.2, 0.25) is 0 Å². The Morgan fingerprint density at radius 2 is 2.00 bits per heavy atom. The molecule has 0 amide bonds. The Hall–Kier alpha value is -1.31. The molecule has 1 aromatic heterocycles. The molecule has 1 fully saturated rings. The Morgan fingerprint density at radius 3 is 2.68 bits per heavy atom. The second-order valence-corrected chi connectivity index (χ2v) is 9.86. The molecule has 5 nitrogen and oxygen atoms in total. The highest BCUT2D eigenvalue weighted by atomic mass is 32.2. The lowest BCUT2D eigenvalue weighted by molar-refractivity contribution is 0.426. The summed E-state index contributed by atoms with van der Waals surface area (Å²) in [5.41, 5.74) is 2.59. The van der Waals surface area contributed by atoms with Gasteiger partial charge in [-0.3, -0.25) is 0 Å². The van der Waals surface area contributed by atoms with Gasteiger partial charge >= 0.3 is 0 Å². The van der Waals surface area contributed by atoms with Crippen molar-refractivity contribution in [2.75, 3.05) is 18.8 Å². The number of rotatable bonds is 4. The van der Waals surface area contributed by atoms with Crippen molar-refractivity contribution >= 4 is 21.8 Å². The van der Waals surface area contributed by atoms with Gasteiger partial charge in [-0.2, -0.15) is 16.1 Å². The van der Waals surface area contributed by atoms with E-state index in [4.69, 9.17) is 0 Å². The number of benzene rings is 1. The fourth-order valence-corrected chi connectivity index (χ4v) is 5.87. The van der Waals surface area contributed by atoms with Crippen LogP contribution in [0, 0.1) is 6.92 Å². The zero-order valence-electron chi connectivity index (χ0n) is 14.9. The molecule has 25 heavy (non-hydrogen) atoms.